The highest BCUT2D eigenvalue weighted by Gasteiger charge is 2.23. The first kappa shape index (κ1) is 22.1. The summed E-state index contributed by atoms with van der Waals surface area (Å²) in [6.45, 7) is 5.08. The third kappa shape index (κ3) is 5.52. The molecule has 7 nitrogen and oxygen atoms in total. The van der Waals surface area contributed by atoms with Crippen molar-refractivity contribution in [2.24, 2.45) is 11.1 Å². The molecule has 9 heteroatoms. The number of primary sulfonamides is 1. The summed E-state index contributed by atoms with van der Waals surface area (Å²) in [5.41, 5.74) is 1.44. The molecule has 0 spiro atoms. The van der Waals surface area contributed by atoms with Gasteiger partial charge in [0.2, 0.25) is 15.9 Å². The number of imidazole rings is 1. The fraction of sp³-hybridized carbons (Fsp3) is 0.600. The molecule has 0 radical (unpaired) electrons. The molecular formula is C20H30N4O3S2. The first-order chi connectivity index (χ1) is 13.8. The Hall–Kier alpha value is -1.58. The van der Waals surface area contributed by atoms with Crippen LogP contribution < -0.4 is 10.5 Å². The number of nitrogens with one attached hydrogen (secondary N) is 1. The van der Waals surface area contributed by atoms with Crippen LogP contribution in [0.5, 0.6) is 0 Å². The molecule has 0 bridgehead atoms. The Morgan fingerprint density at radius 2 is 2.10 bits per heavy atom. The predicted molar refractivity (Wildman–Crippen MR) is 116 cm³/mol. The minimum absolute atomic E-state index is 0.0214. The highest BCUT2D eigenvalue weighted by Crippen LogP contribution is 2.27. The molecule has 3 N–H and O–H groups in total. The van der Waals surface area contributed by atoms with Crippen LogP contribution in [0, 0.1) is 5.92 Å². The SMILES string of the molecule is CCCCn1c(SCC(=O)NC2CCCCC2C)nc2cc(S(N)(=O)=O)ccc21. The molecule has 2 aromatic rings. The third-order valence-electron chi connectivity index (χ3n) is 5.54. The first-order valence-corrected chi connectivity index (χ1v) is 12.8. The summed E-state index contributed by atoms with van der Waals surface area (Å²) in [6.07, 6.45) is 6.62. The number of aromatic nitrogens is 2. The van der Waals surface area contributed by atoms with E-state index in [4.69, 9.17) is 5.14 Å². The van der Waals surface area contributed by atoms with Gasteiger partial charge in [-0.05, 0) is 43.4 Å². The molecule has 1 amide bonds. The smallest absolute Gasteiger partial charge is 0.238 e. The largest absolute Gasteiger partial charge is 0.352 e. The number of fused-ring (bicyclic) bond motifs is 1. The number of carbonyl (C=O) groups excluding carboxylic acids is 1. The fourth-order valence-electron chi connectivity index (χ4n) is 3.82. The second kappa shape index (κ2) is 9.49. The molecule has 1 fully saturated rings. The molecule has 0 aliphatic heterocycles. The van der Waals surface area contributed by atoms with Gasteiger partial charge in [-0.25, -0.2) is 18.5 Å². The monoisotopic (exact) mass is 438 g/mol. The summed E-state index contributed by atoms with van der Waals surface area (Å²) in [5, 5.41) is 9.15. The van der Waals surface area contributed by atoms with Crippen molar-refractivity contribution in [1.29, 1.82) is 0 Å². The van der Waals surface area contributed by atoms with Gasteiger partial charge in [0, 0.05) is 12.6 Å². The lowest BCUT2D eigenvalue weighted by Crippen LogP contribution is -2.41. The van der Waals surface area contributed by atoms with Crippen molar-refractivity contribution in [3.8, 4) is 0 Å². The summed E-state index contributed by atoms with van der Waals surface area (Å²) in [4.78, 5) is 17.1. The Bertz CT molecular complexity index is 972. The van der Waals surface area contributed by atoms with Crippen LogP contribution in [0.1, 0.15) is 52.4 Å². The number of benzene rings is 1. The number of amides is 1. The maximum Gasteiger partial charge on any atom is 0.238 e. The van der Waals surface area contributed by atoms with E-state index in [-0.39, 0.29) is 16.8 Å². The summed E-state index contributed by atoms with van der Waals surface area (Å²) in [7, 11) is -3.78. The molecule has 1 saturated carbocycles. The van der Waals surface area contributed by atoms with Crippen LogP contribution in [-0.4, -0.2) is 35.7 Å². The van der Waals surface area contributed by atoms with E-state index < -0.39 is 10.0 Å². The van der Waals surface area contributed by atoms with Gasteiger partial charge in [-0.15, -0.1) is 0 Å². The predicted octanol–water partition coefficient (Wildman–Crippen LogP) is 3.27. The van der Waals surface area contributed by atoms with Crippen molar-refractivity contribution in [1.82, 2.24) is 14.9 Å². The molecule has 3 rings (SSSR count). The average molecular weight is 439 g/mol. The van der Waals surface area contributed by atoms with Crippen LogP contribution in [0.2, 0.25) is 0 Å². The first-order valence-electron chi connectivity index (χ1n) is 10.2. The average Bonchev–Trinajstić information content (AvgIpc) is 3.02. The maximum absolute atomic E-state index is 12.5. The van der Waals surface area contributed by atoms with Gasteiger partial charge in [-0.1, -0.05) is 44.9 Å². The van der Waals surface area contributed by atoms with Gasteiger partial charge in [0.05, 0.1) is 21.7 Å². The van der Waals surface area contributed by atoms with Gasteiger partial charge in [-0.2, -0.15) is 0 Å². The van der Waals surface area contributed by atoms with Crippen LogP contribution in [0.25, 0.3) is 11.0 Å². The number of hydrogen-bond donors (Lipinski definition) is 2. The highest BCUT2D eigenvalue weighted by atomic mass is 32.2. The number of rotatable bonds is 8. The number of unbranched alkanes of at least 4 members (excludes halogenated alkanes) is 1. The van der Waals surface area contributed by atoms with E-state index in [0.717, 1.165) is 42.9 Å². The normalized spacial score (nSPS) is 20.1. The zero-order valence-electron chi connectivity index (χ0n) is 17.1. The molecular weight excluding hydrogens is 408 g/mol. The number of hydrogen-bond acceptors (Lipinski definition) is 5. The fourth-order valence-corrected chi connectivity index (χ4v) is 5.20. The van der Waals surface area contributed by atoms with Crippen LogP contribution >= 0.6 is 11.8 Å². The number of nitrogens with zero attached hydrogens (tertiary/aromatic N) is 2. The van der Waals surface area contributed by atoms with Gasteiger partial charge in [0.25, 0.3) is 0 Å². The van der Waals surface area contributed by atoms with Gasteiger partial charge in [-0.3, -0.25) is 4.79 Å². The summed E-state index contributed by atoms with van der Waals surface area (Å²) in [5.74, 6) is 0.831. The number of carbonyl (C=O) groups is 1. The van der Waals surface area contributed by atoms with Gasteiger partial charge < -0.3 is 9.88 Å². The standard InChI is InChI=1S/C20H30N4O3S2/c1-3-4-11-24-18-10-9-15(29(21,26)27)12-17(18)23-20(24)28-13-19(25)22-16-8-6-5-7-14(16)2/h9-10,12,14,16H,3-8,11,13H2,1-2H3,(H,22,25)(H2,21,26,27). The lowest BCUT2D eigenvalue weighted by atomic mass is 9.86. The van der Waals surface area contributed by atoms with Crippen LogP contribution in [0.15, 0.2) is 28.3 Å². The maximum atomic E-state index is 12.5. The van der Waals surface area contributed by atoms with E-state index in [0.29, 0.717) is 17.2 Å². The van der Waals surface area contributed by atoms with Gasteiger partial charge >= 0.3 is 0 Å². The molecule has 1 aromatic heterocycles. The van der Waals surface area contributed by atoms with Crippen LogP contribution in [0.3, 0.4) is 0 Å². The zero-order chi connectivity index (χ0) is 21.0. The van der Waals surface area contributed by atoms with Crippen molar-refractivity contribution in [2.45, 2.75) is 75.0 Å². The Morgan fingerprint density at radius 1 is 1.34 bits per heavy atom. The molecule has 1 heterocycles. The quantitative estimate of drug-likeness (QED) is 0.615. The Balaban J connectivity index is 1.76. The van der Waals surface area contributed by atoms with Crippen molar-refractivity contribution in [2.75, 3.05) is 5.75 Å². The Kier molecular flexibility index (Phi) is 7.23. The van der Waals surface area contributed by atoms with Gasteiger partial charge in [0.1, 0.15) is 0 Å². The number of aryl methyl sites for hydroxylation is 1. The molecule has 2 atom stereocenters. The van der Waals surface area contributed by atoms with Crippen molar-refractivity contribution >= 4 is 38.7 Å². The molecule has 2 unspecified atom stereocenters. The number of nitrogens with two attached hydrogens (primary N) is 1. The molecule has 1 aliphatic rings. The lowest BCUT2D eigenvalue weighted by molar-refractivity contribution is -0.119. The molecule has 1 aromatic carbocycles. The van der Waals surface area contributed by atoms with Crippen molar-refractivity contribution in [3.63, 3.8) is 0 Å². The number of sulfonamides is 1. The Labute approximate surface area is 176 Å². The van der Waals surface area contributed by atoms with Crippen LogP contribution in [0.4, 0.5) is 0 Å². The van der Waals surface area contributed by atoms with E-state index in [9.17, 15) is 13.2 Å². The van der Waals surface area contributed by atoms with E-state index in [2.05, 4.69) is 28.7 Å². The summed E-state index contributed by atoms with van der Waals surface area (Å²) < 4.78 is 25.4. The van der Waals surface area contributed by atoms with Crippen molar-refractivity contribution in [3.05, 3.63) is 18.2 Å². The molecule has 0 saturated heterocycles. The minimum Gasteiger partial charge on any atom is -0.352 e. The van der Waals surface area contributed by atoms with E-state index in [1.54, 1.807) is 6.07 Å². The van der Waals surface area contributed by atoms with Crippen LogP contribution in [-0.2, 0) is 21.4 Å². The topological polar surface area (TPSA) is 107 Å². The van der Waals surface area contributed by atoms with Crippen molar-refractivity contribution < 1.29 is 13.2 Å². The zero-order valence-corrected chi connectivity index (χ0v) is 18.7. The highest BCUT2D eigenvalue weighted by molar-refractivity contribution is 7.99. The van der Waals surface area contributed by atoms with E-state index >= 15 is 0 Å². The lowest BCUT2D eigenvalue weighted by Gasteiger charge is -2.29. The number of thioether (sulfide) groups is 1. The second-order valence-corrected chi connectivity index (χ2v) is 10.3. The molecule has 29 heavy (non-hydrogen) atoms. The second-order valence-electron chi connectivity index (χ2n) is 7.82. The molecule has 1 aliphatic carbocycles. The Morgan fingerprint density at radius 3 is 2.79 bits per heavy atom. The van der Waals surface area contributed by atoms with E-state index in [1.165, 1.54) is 36.7 Å². The minimum atomic E-state index is -3.78. The van der Waals surface area contributed by atoms with E-state index in [1.807, 2.05) is 0 Å². The molecule has 160 valence electrons. The third-order valence-corrected chi connectivity index (χ3v) is 7.43. The summed E-state index contributed by atoms with van der Waals surface area (Å²) >= 11 is 1.39. The summed E-state index contributed by atoms with van der Waals surface area (Å²) in [6, 6.07) is 5.01. The van der Waals surface area contributed by atoms with Gasteiger partial charge in [0.15, 0.2) is 5.16 Å².